The molecule has 0 bridgehead atoms. The zero-order valence-electron chi connectivity index (χ0n) is 16.0. The minimum absolute atomic E-state index is 0.0966. The van der Waals surface area contributed by atoms with Crippen molar-refractivity contribution >= 4 is 5.91 Å². The molecule has 3 heterocycles. The van der Waals surface area contributed by atoms with Gasteiger partial charge in [-0.2, -0.15) is 0 Å². The highest BCUT2D eigenvalue weighted by Crippen LogP contribution is 2.22. The lowest BCUT2D eigenvalue weighted by Gasteiger charge is -2.23. The number of carbonyl (C=O) groups is 1. The van der Waals surface area contributed by atoms with Crippen LogP contribution in [-0.2, 0) is 6.54 Å². The summed E-state index contributed by atoms with van der Waals surface area (Å²) in [5.74, 6) is 0.0966. The Morgan fingerprint density at radius 1 is 1.19 bits per heavy atom. The Hall–Kier alpha value is -2.46. The van der Waals surface area contributed by atoms with Gasteiger partial charge in [-0.1, -0.05) is 37.3 Å². The Kier molecular flexibility index (Phi) is 5.35. The van der Waals surface area contributed by atoms with Gasteiger partial charge in [0.15, 0.2) is 0 Å². The van der Waals surface area contributed by atoms with Gasteiger partial charge in [-0.3, -0.25) is 14.7 Å². The fourth-order valence-electron chi connectivity index (χ4n) is 4.03. The van der Waals surface area contributed by atoms with Gasteiger partial charge in [0.1, 0.15) is 0 Å². The quantitative estimate of drug-likeness (QED) is 0.751. The topological polar surface area (TPSA) is 36.4 Å². The van der Waals surface area contributed by atoms with E-state index in [1.165, 1.54) is 31.5 Å². The summed E-state index contributed by atoms with van der Waals surface area (Å²) in [6.07, 6.45) is 9.73. The summed E-state index contributed by atoms with van der Waals surface area (Å²) in [7, 11) is 0. The summed E-state index contributed by atoms with van der Waals surface area (Å²) in [4.78, 5) is 22.0. The third-order valence-electron chi connectivity index (χ3n) is 5.57. The monoisotopic (exact) mass is 361 g/mol. The summed E-state index contributed by atoms with van der Waals surface area (Å²) in [5.41, 5.74) is 3.90. The Bertz CT molecular complexity index is 822. The molecule has 1 saturated heterocycles. The van der Waals surface area contributed by atoms with E-state index < -0.39 is 0 Å². The van der Waals surface area contributed by atoms with Crippen LogP contribution in [0.2, 0.25) is 0 Å². The molecule has 0 spiro atoms. The molecule has 2 aliphatic heterocycles. The molecule has 27 heavy (non-hydrogen) atoms. The van der Waals surface area contributed by atoms with Crippen LogP contribution < -0.4 is 0 Å². The Morgan fingerprint density at radius 3 is 2.78 bits per heavy atom. The smallest absolute Gasteiger partial charge is 0.254 e. The van der Waals surface area contributed by atoms with Crippen LogP contribution in [0.3, 0.4) is 0 Å². The molecule has 0 N–H and O–H groups in total. The zero-order chi connectivity index (χ0) is 18.6. The number of carbonyl (C=O) groups excluding carboxylic acids is 1. The minimum Gasteiger partial charge on any atom is -0.329 e. The summed E-state index contributed by atoms with van der Waals surface area (Å²) >= 11 is 0. The molecule has 1 fully saturated rings. The van der Waals surface area contributed by atoms with Crippen molar-refractivity contribution in [1.29, 1.82) is 0 Å². The number of aromatic nitrogens is 1. The van der Waals surface area contributed by atoms with Crippen LogP contribution in [0.5, 0.6) is 0 Å². The van der Waals surface area contributed by atoms with Crippen LogP contribution in [0.15, 0.2) is 54.7 Å². The van der Waals surface area contributed by atoms with Crippen molar-refractivity contribution in [2.75, 3.05) is 19.6 Å². The minimum atomic E-state index is 0.0966. The molecule has 2 aromatic rings. The largest absolute Gasteiger partial charge is 0.329 e. The van der Waals surface area contributed by atoms with E-state index in [9.17, 15) is 4.79 Å². The lowest BCUT2D eigenvalue weighted by molar-refractivity contribution is 0.0747. The van der Waals surface area contributed by atoms with Crippen molar-refractivity contribution in [3.05, 3.63) is 65.9 Å². The molecule has 2 aliphatic rings. The van der Waals surface area contributed by atoms with Crippen molar-refractivity contribution in [3.8, 4) is 11.3 Å². The first-order valence-corrected chi connectivity index (χ1v) is 10.00. The number of likely N-dealkylation sites (tertiary alicyclic amines) is 1. The number of amides is 1. The highest BCUT2D eigenvalue weighted by molar-refractivity contribution is 5.96. The standard InChI is InChI=1S/C23H27N3O/c1-2-21-9-6-14-26(21)23(27)20-8-5-7-19(15-20)22-11-10-18(16-24-22)17-25-12-3-4-13-25/h5-11,15-16,21H,2-4,12-14,17H2,1H3/t21-/m0/s1. The first kappa shape index (κ1) is 17.9. The average Bonchev–Trinajstić information content (AvgIpc) is 3.40. The Labute approximate surface area is 161 Å². The fourth-order valence-corrected chi connectivity index (χ4v) is 4.03. The second-order valence-electron chi connectivity index (χ2n) is 7.48. The van der Waals surface area contributed by atoms with Gasteiger partial charge in [0.25, 0.3) is 5.91 Å². The molecule has 4 rings (SSSR count). The number of benzene rings is 1. The number of hydrogen-bond donors (Lipinski definition) is 0. The van der Waals surface area contributed by atoms with Gasteiger partial charge < -0.3 is 4.90 Å². The van der Waals surface area contributed by atoms with Gasteiger partial charge in [0, 0.05) is 30.4 Å². The number of nitrogens with zero attached hydrogens (tertiary/aromatic N) is 3. The molecule has 0 aliphatic carbocycles. The van der Waals surface area contributed by atoms with Gasteiger partial charge in [0.2, 0.25) is 0 Å². The number of pyridine rings is 1. The Balaban J connectivity index is 1.49. The van der Waals surface area contributed by atoms with Crippen molar-refractivity contribution in [3.63, 3.8) is 0 Å². The summed E-state index contributed by atoms with van der Waals surface area (Å²) in [6, 6.07) is 12.3. The molecule has 1 amide bonds. The average molecular weight is 361 g/mol. The second kappa shape index (κ2) is 8.05. The van der Waals surface area contributed by atoms with Gasteiger partial charge >= 0.3 is 0 Å². The van der Waals surface area contributed by atoms with Crippen LogP contribution in [0.4, 0.5) is 0 Å². The second-order valence-corrected chi connectivity index (χ2v) is 7.48. The SMILES string of the molecule is CC[C@H]1C=CCN1C(=O)c1cccc(-c2ccc(CN3CCCC3)cn2)c1. The van der Waals surface area contributed by atoms with Gasteiger partial charge in [-0.15, -0.1) is 0 Å². The van der Waals surface area contributed by atoms with Crippen molar-refractivity contribution in [2.24, 2.45) is 0 Å². The maximum Gasteiger partial charge on any atom is 0.254 e. The highest BCUT2D eigenvalue weighted by atomic mass is 16.2. The van der Waals surface area contributed by atoms with Crippen molar-refractivity contribution in [1.82, 2.24) is 14.8 Å². The molecule has 1 atom stereocenters. The van der Waals surface area contributed by atoms with E-state index in [4.69, 9.17) is 0 Å². The van der Waals surface area contributed by atoms with E-state index >= 15 is 0 Å². The van der Waals surface area contributed by atoms with Crippen LogP contribution >= 0.6 is 0 Å². The predicted molar refractivity (Wildman–Crippen MR) is 108 cm³/mol. The zero-order valence-corrected chi connectivity index (χ0v) is 16.0. The van der Waals surface area contributed by atoms with Gasteiger partial charge in [-0.25, -0.2) is 0 Å². The van der Waals surface area contributed by atoms with Gasteiger partial charge in [0.05, 0.1) is 11.7 Å². The van der Waals surface area contributed by atoms with E-state index in [-0.39, 0.29) is 11.9 Å². The highest BCUT2D eigenvalue weighted by Gasteiger charge is 2.24. The molecular weight excluding hydrogens is 334 g/mol. The van der Waals surface area contributed by atoms with E-state index in [2.05, 4.69) is 41.1 Å². The third-order valence-corrected chi connectivity index (χ3v) is 5.57. The molecule has 4 nitrogen and oxygen atoms in total. The molecule has 0 radical (unpaired) electrons. The fraction of sp³-hybridized carbons (Fsp3) is 0.391. The predicted octanol–water partition coefficient (Wildman–Crippen LogP) is 4.14. The molecule has 140 valence electrons. The molecule has 0 unspecified atom stereocenters. The normalized spacial score (nSPS) is 19.7. The molecule has 4 heteroatoms. The lowest BCUT2D eigenvalue weighted by atomic mass is 10.1. The molecule has 0 saturated carbocycles. The lowest BCUT2D eigenvalue weighted by Crippen LogP contribution is -2.35. The van der Waals surface area contributed by atoms with Crippen LogP contribution in [-0.4, -0.2) is 46.4 Å². The molecule has 1 aromatic heterocycles. The summed E-state index contributed by atoms with van der Waals surface area (Å²) < 4.78 is 0. The summed E-state index contributed by atoms with van der Waals surface area (Å²) in [5, 5.41) is 0. The van der Waals surface area contributed by atoms with E-state index in [1.54, 1.807) is 0 Å². The van der Waals surface area contributed by atoms with E-state index in [0.717, 1.165) is 29.8 Å². The summed E-state index contributed by atoms with van der Waals surface area (Å²) in [6.45, 7) is 6.17. The van der Waals surface area contributed by atoms with Crippen molar-refractivity contribution in [2.45, 2.75) is 38.8 Å². The van der Waals surface area contributed by atoms with Crippen LogP contribution in [0.25, 0.3) is 11.3 Å². The number of hydrogen-bond acceptors (Lipinski definition) is 3. The van der Waals surface area contributed by atoms with Crippen molar-refractivity contribution < 1.29 is 4.79 Å². The van der Waals surface area contributed by atoms with Crippen LogP contribution in [0, 0.1) is 0 Å². The first-order chi connectivity index (χ1) is 13.2. The maximum atomic E-state index is 12.9. The molecular formula is C23H27N3O. The number of rotatable bonds is 5. The Morgan fingerprint density at radius 2 is 2.04 bits per heavy atom. The van der Waals surface area contributed by atoms with E-state index in [1.807, 2.05) is 35.4 Å². The maximum absolute atomic E-state index is 12.9. The van der Waals surface area contributed by atoms with Crippen LogP contribution in [0.1, 0.15) is 42.1 Å². The van der Waals surface area contributed by atoms with Gasteiger partial charge in [-0.05, 0) is 56.1 Å². The first-order valence-electron chi connectivity index (χ1n) is 10.00. The van der Waals surface area contributed by atoms with E-state index in [0.29, 0.717) is 6.54 Å². The molecule has 1 aromatic carbocycles. The third kappa shape index (κ3) is 3.96.